The van der Waals surface area contributed by atoms with Crippen LogP contribution in [0.25, 0.3) is 10.9 Å². The molecule has 2 unspecified atom stereocenters. The van der Waals surface area contributed by atoms with Gasteiger partial charge in [0, 0.05) is 12.7 Å². The van der Waals surface area contributed by atoms with Crippen molar-refractivity contribution in [3.05, 3.63) is 33.9 Å². The molecule has 2 N–H and O–H groups in total. The predicted molar refractivity (Wildman–Crippen MR) is 87.2 cm³/mol. The molecule has 0 spiro atoms. The highest BCUT2D eigenvalue weighted by Crippen LogP contribution is 2.42. The first-order valence-electron chi connectivity index (χ1n) is 8.12. The van der Waals surface area contributed by atoms with E-state index in [-0.39, 0.29) is 41.2 Å². The number of nitrogens with one attached hydrogen (secondary N) is 1. The molecule has 2 aliphatic heterocycles. The van der Waals surface area contributed by atoms with E-state index in [0.29, 0.717) is 12.1 Å². The Hall–Kier alpha value is -2.61. The smallest absolute Gasteiger partial charge is 0.341 e. The fourth-order valence-electron chi connectivity index (χ4n) is 3.36. The van der Waals surface area contributed by atoms with Crippen LogP contribution in [-0.2, 0) is 0 Å². The Bertz CT molecular complexity index is 933. The molecule has 8 heteroatoms. The highest BCUT2D eigenvalue weighted by molar-refractivity contribution is 5.95. The van der Waals surface area contributed by atoms with Gasteiger partial charge in [-0.2, -0.15) is 0 Å². The Morgan fingerprint density at radius 2 is 2.32 bits per heavy atom. The number of benzene rings is 1. The summed E-state index contributed by atoms with van der Waals surface area (Å²) < 4.78 is 27.8. The lowest BCUT2D eigenvalue weighted by Crippen LogP contribution is -2.28. The zero-order chi connectivity index (χ0) is 17.7. The number of ether oxygens (including phenoxy) is 2. The molecule has 25 heavy (non-hydrogen) atoms. The number of carbonyl (C=O) groups is 1. The molecule has 1 saturated heterocycles. The van der Waals surface area contributed by atoms with Gasteiger partial charge in [0.1, 0.15) is 18.3 Å². The number of carboxylic acids is 1. The molecule has 4 rings (SSSR count). The summed E-state index contributed by atoms with van der Waals surface area (Å²) in [5, 5.41) is 12.4. The van der Waals surface area contributed by atoms with E-state index in [4.69, 9.17) is 9.47 Å². The summed E-state index contributed by atoms with van der Waals surface area (Å²) >= 11 is 0. The second-order valence-corrected chi connectivity index (χ2v) is 6.39. The van der Waals surface area contributed by atoms with Crippen LogP contribution in [0.2, 0.25) is 0 Å². The maximum absolute atomic E-state index is 14.7. The van der Waals surface area contributed by atoms with Crippen LogP contribution in [0.15, 0.2) is 17.1 Å². The second-order valence-electron chi connectivity index (χ2n) is 6.39. The van der Waals surface area contributed by atoms with E-state index >= 15 is 0 Å². The molecule has 0 aliphatic carbocycles. The van der Waals surface area contributed by atoms with Crippen molar-refractivity contribution < 1.29 is 23.8 Å². The summed E-state index contributed by atoms with van der Waals surface area (Å²) in [6, 6.07) is 0.851. The van der Waals surface area contributed by atoms with Crippen LogP contribution in [-0.4, -0.2) is 41.4 Å². The van der Waals surface area contributed by atoms with E-state index in [1.807, 2.05) is 6.92 Å². The highest BCUT2D eigenvalue weighted by atomic mass is 19.1. The molecule has 0 radical (unpaired) electrons. The number of pyridine rings is 1. The van der Waals surface area contributed by atoms with Crippen molar-refractivity contribution in [1.29, 1.82) is 0 Å². The van der Waals surface area contributed by atoms with Gasteiger partial charge in [0.25, 0.3) is 0 Å². The first-order chi connectivity index (χ1) is 12.0. The van der Waals surface area contributed by atoms with Gasteiger partial charge in [-0.3, -0.25) is 4.79 Å². The first-order valence-corrected chi connectivity index (χ1v) is 8.12. The zero-order valence-electron chi connectivity index (χ0n) is 13.5. The lowest BCUT2D eigenvalue weighted by atomic mass is 10.1. The molecule has 2 aromatic rings. The van der Waals surface area contributed by atoms with Gasteiger partial charge in [-0.05, 0) is 26.0 Å². The van der Waals surface area contributed by atoms with Crippen molar-refractivity contribution in [2.45, 2.75) is 25.5 Å². The van der Waals surface area contributed by atoms with Crippen molar-refractivity contribution in [2.24, 2.45) is 0 Å². The monoisotopic (exact) mass is 348 g/mol. The predicted octanol–water partition coefficient (Wildman–Crippen LogP) is 1.53. The average Bonchev–Trinajstić information content (AvgIpc) is 3.08. The fraction of sp³-hybridized carbons (Fsp3) is 0.412. The summed E-state index contributed by atoms with van der Waals surface area (Å²) in [6.45, 7) is 3.47. The largest absolute Gasteiger partial charge is 0.485 e. The van der Waals surface area contributed by atoms with Gasteiger partial charge in [0.05, 0.1) is 16.9 Å². The molecular weight excluding hydrogens is 331 g/mol. The molecule has 3 heterocycles. The third kappa shape index (κ3) is 2.44. The maximum atomic E-state index is 14.7. The standard InChI is InChI=1S/C17H17FN2O5/c1-8-7-24-16-13-10(14(21)11(17(22)23)6-20(8)13)4-12(18)15(16)25-9-2-3-19-5-9/h4,6,8-9,19H,2-3,5,7H2,1H3,(H,22,23). The van der Waals surface area contributed by atoms with Crippen molar-refractivity contribution in [3.8, 4) is 11.5 Å². The molecule has 0 amide bonds. The van der Waals surface area contributed by atoms with Crippen LogP contribution in [0.5, 0.6) is 11.5 Å². The molecule has 2 aliphatic rings. The number of carboxylic acid groups (broad SMARTS) is 1. The van der Waals surface area contributed by atoms with Gasteiger partial charge < -0.3 is 24.5 Å². The quantitative estimate of drug-likeness (QED) is 0.874. The van der Waals surface area contributed by atoms with Crippen LogP contribution >= 0.6 is 0 Å². The van der Waals surface area contributed by atoms with Gasteiger partial charge in [-0.1, -0.05) is 0 Å². The zero-order valence-corrected chi connectivity index (χ0v) is 13.5. The van der Waals surface area contributed by atoms with Crippen molar-refractivity contribution in [3.63, 3.8) is 0 Å². The van der Waals surface area contributed by atoms with Gasteiger partial charge in [-0.25, -0.2) is 9.18 Å². The van der Waals surface area contributed by atoms with Crippen molar-refractivity contribution >= 4 is 16.9 Å². The fourth-order valence-corrected chi connectivity index (χ4v) is 3.36. The molecule has 0 bridgehead atoms. The Balaban J connectivity index is 1.99. The molecular formula is C17H17FN2O5. The summed E-state index contributed by atoms with van der Waals surface area (Å²) in [6.07, 6.45) is 1.87. The SMILES string of the molecule is CC1COc2c(OC3CCNC3)c(F)cc3c(=O)c(C(=O)O)cn1c23. The van der Waals surface area contributed by atoms with Crippen molar-refractivity contribution in [1.82, 2.24) is 9.88 Å². The van der Waals surface area contributed by atoms with Crippen LogP contribution in [0.3, 0.4) is 0 Å². The van der Waals surface area contributed by atoms with Gasteiger partial charge in [0.2, 0.25) is 5.43 Å². The number of hydrogen-bond acceptors (Lipinski definition) is 5. The molecule has 0 saturated carbocycles. The van der Waals surface area contributed by atoms with Crippen LogP contribution in [0, 0.1) is 5.82 Å². The lowest BCUT2D eigenvalue weighted by Gasteiger charge is -2.29. The third-order valence-electron chi connectivity index (χ3n) is 4.65. The normalized spacial score (nSPS) is 22.0. The number of hydrogen-bond donors (Lipinski definition) is 2. The molecule has 1 fully saturated rings. The molecule has 1 aromatic heterocycles. The highest BCUT2D eigenvalue weighted by Gasteiger charge is 2.30. The van der Waals surface area contributed by atoms with Gasteiger partial charge in [0.15, 0.2) is 17.3 Å². The minimum atomic E-state index is -1.34. The number of aromatic carboxylic acids is 1. The number of halogens is 1. The lowest BCUT2D eigenvalue weighted by molar-refractivity contribution is 0.0694. The Morgan fingerprint density at radius 3 is 3.00 bits per heavy atom. The summed E-state index contributed by atoms with van der Waals surface area (Å²) in [5.41, 5.74) is -0.748. The van der Waals surface area contributed by atoms with Crippen LogP contribution < -0.4 is 20.2 Å². The van der Waals surface area contributed by atoms with Gasteiger partial charge in [-0.15, -0.1) is 0 Å². The maximum Gasteiger partial charge on any atom is 0.341 e. The minimum absolute atomic E-state index is 0.0177. The third-order valence-corrected chi connectivity index (χ3v) is 4.65. The average molecular weight is 348 g/mol. The number of aromatic nitrogens is 1. The van der Waals surface area contributed by atoms with E-state index in [1.54, 1.807) is 4.57 Å². The minimum Gasteiger partial charge on any atom is -0.485 e. The van der Waals surface area contributed by atoms with E-state index in [1.165, 1.54) is 6.20 Å². The topological polar surface area (TPSA) is 89.8 Å². The molecule has 2 atom stereocenters. The first kappa shape index (κ1) is 15.9. The molecule has 132 valence electrons. The number of nitrogens with zero attached hydrogens (tertiary/aromatic N) is 1. The van der Waals surface area contributed by atoms with E-state index in [2.05, 4.69) is 5.32 Å². The van der Waals surface area contributed by atoms with Crippen LogP contribution in [0.1, 0.15) is 29.7 Å². The van der Waals surface area contributed by atoms with E-state index in [9.17, 15) is 19.1 Å². The van der Waals surface area contributed by atoms with Crippen molar-refractivity contribution in [2.75, 3.05) is 19.7 Å². The Labute approximate surface area is 142 Å². The van der Waals surface area contributed by atoms with Gasteiger partial charge >= 0.3 is 5.97 Å². The molecule has 1 aromatic carbocycles. The van der Waals surface area contributed by atoms with E-state index in [0.717, 1.165) is 19.0 Å². The Kier molecular flexibility index (Phi) is 3.64. The second kappa shape index (κ2) is 5.73. The summed E-state index contributed by atoms with van der Waals surface area (Å²) in [7, 11) is 0. The number of rotatable bonds is 3. The van der Waals surface area contributed by atoms with Crippen LogP contribution in [0.4, 0.5) is 4.39 Å². The Morgan fingerprint density at radius 1 is 1.52 bits per heavy atom. The van der Waals surface area contributed by atoms with E-state index < -0.39 is 17.2 Å². The summed E-state index contributed by atoms with van der Waals surface area (Å²) in [4.78, 5) is 23.8. The molecule has 7 nitrogen and oxygen atoms in total. The summed E-state index contributed by atoms with van der Waals surface area (Å²) in [5.74, 6) is -1.93.